The molecule has 3 aromatic rings. The fourth-order valence-electron chi connectivity index (χ4n) is 6.70. The largest absolute Gasteiger partial charge is 0.384 e. The third kappa shape index (κ3) is 4.67. The Morgan fingerprint density at radius 1 is 1.14 bits per heavy atom. The number of aromatic nitrogens is 2. The summed E-state index contributed by atoms with van der Waals surface area (Å²) in [6, 6.07) is 8.93. The molecule has 4 heterocycles. The van der Waals surface area contributed by atoms with Crippen LogP contribution >= 0.6 is 0 Å². The highest BCUT2D eigenvalue weighted by atomic mass is 16.5. The predicted octanol–water partition coefficient (Wildman–Crippen LogP) is 3.40. The number of nitrogens with one attached hydrogen (secondary N) is 1. The number of hydrogen-bond acceptors (Lipinski definition) is 6. The zero-order valence-corrected chi connectivity index (χ0v) is 24.6. The minimum Gasteiger partial charge on any atom is -0.384 e. The summed E-state index contributed by atoms with van der Waals surface area (Å²) in [6.45, 7) is 7.78. The van der Waals surface area contributed by atoms with E-state index in [-0.39, 0.29) is 29.7 Å². The summed E-state index contributed by atoms with van der Waals surface area (Å²) < 4.78 is 7.30. The number of likely N-dealkylation sites (tertiary alicyclic amines) is 1. The quantitative estimate of drug-likeness (QED) is 0.435. The van der Waals surface area contributed by atoms with Crippen molar-refractivity contribution in [3.63, 3.8) is 0 Å². The van der Waals surface area contributed by atoms with E-state index in [1.54, 1.807) is 18.1 Å². The van der Waals surface area contributed by atoms with Crippen LogP contribution in [0.1, 0.15) is 67.9 Å². The second-order valence-electron chi connectivity index (χ2n) is 12.7. The smallest absolute Gasteiger partial charge is 0.259 e. The van der Waals surface area contributed by atoms with E-state index in [0.717, 1.165) is 34.7 Å². The maximum Gasteiger partial charge on any atom is 0.259 e. The van der Waals surface area contributed by atoms with Gasteiger partial charge in [-0.3, -0.25) is 34.1 Å². The van der Waals surface area contributed by atoms with Crippen molar-refractivity contribution >= 4 is 40.1 Å². The van der Waals surface area contributed by atoms with Gasteiger partial charge in [-0.1, -0.05) is 18.2 Å². The number of carbonyl (C=O) groups is 4. The molecule has 1 aromatic heterocycles. The van der Waals surface area contributed by atoms with Gasteiger partial charge in [-0.15, -0.1) is 0 Å². The molecule has 2 saturated heterocycles. The molecule has 220 valence electrons. The lowest BCUT2D eigenvalue weighted by Gasteiger charge is -2.42. The minimum absolute atomic E-state index is 0.120. The van der Waals surface area contributed by atoms with E-state index in [0.29, 0.717) is 43.8 Å². The molecule has 0 aliphatic carbocycles. The number of rotatable bonds is 7. The maximum absolute atomic E-state index is 13.5. The lowest BCUT2D eigenvalue weighted by molar-refractivity contribution is -0.145. The molecule has 0 spiro atoms. The molecule has 1 unspecified atom stereocenters. The summed E-state index contributed by atoms with van der Waals surface area (Å²) in [5, 5.41) is 8.93. The molecule has 0 radical (unpaired) electrons. The second-order valence-corrected chi connectivity index (χ2v) is 12.7. The van der Waals surface area contributed by atoms with E-state index < -0.39 is 17.4 Å². The van der Waals surface area contributed by atoms with Gasteiger partial charge in [-0.2, -0.15) is 5.10 Å². The second kappa shape index (κ2) is 10.3. The van der Waals surface area contributed by atoms with Gasteiger partial charge < -0.3 is 9.64 Å². The zero-order chi connectivity index (χ0) is 29.8. The number of hydrogen-bond donors (Lipinski definition) is 1. The Hall–Kier alpha value is -4.05. The number of imide groups is 1. The van der Waals surface area contributed by atoms with E-state index in [1.165, 1.54) is 0 Å². The molecule has 3 aliphatic rings. The molecule has 42 heavy (non-hydrogen) atoms. The molecule has 6 rings (SSSR count). The molecule has 2 fully saturated rings. The van der Waals surface area contributed by atoms with Crippen LogP contribution in [0.25, 0.3) is 10.8 Å². The fraction of sp³-hybridized carbons (Fsp3) is 0.469. The highest BCUT2D eigenvalue weighted by Gasteiger charge is 2.41. The number of nitrogens with zero attached hydrogens (tertiary/aromatic N) is 4. The Kier molecular flexibility index (Phi) is 6.92. The molecular weight excluding hydrogens is 534 g/mol. The first-order valence-corrected chi connectivity index (χ1v) is 14.6. The van der Waals surface area contributed by atoms with Crippen LogP contribution in [0.3, 0.4) is 0 Å². The summed E-state index contributed by atoms with van der Waals surface area (Å²) in [5.74, 6) is -0.826. The summed E-state index contributed by atoms with van der Waals surface area (Å²) in [7, 11) is 1.62. The van der Waals surface area contributed by atoms with Crippen LogP contribution in [0.5, 0.6) is 0 Å². The van der Waals surface area contributed by atoms with E-state index in [9.17, 15) is 19.2 Å². The molecule has 3 aliphatic heterocycles. The fourth-order valence-corrected chi connectivity index (χ4v) is 6.70. The molecule has 0 bridgehead atoms. The van der Waals surface area contributed by atoms with Crippen molar-refractivity contribution in [3.8, 4) is 0 Å². The number of carbonyl (C=O) groups excluding carboxylic acids is 4. The molecule has 1 N–H and O–H groups in total. The molecule has 4 amide bonds. The highest BCUT2D eigenvalue weighted by Crippen LogP contribution is 2.41. The van der Waals surface area contributed by atoms with Gasteiger partial charge in [0.25, 0.3) is 5.91 Å². The van der Waals surface area contributed by atoms with Gasteiger partial charge in [0.15, 0.2) is 0 Å². The lowest BCUT2D eigenvalue weighted by atomic mass is 9.86. The van der Waals surface area contributed by atoms with Crippen molar-refractivity contribution in [2.75, 3.05) is 31.7 Å². The van der Waals surface area contributed by atoms with Crippen LogP contribution in [0, 0.1) is 5.41 Å². The number of ether oxygens (including phenoxy) is 1. The van der Waals surface area contributed by atoms with Gasteiger partial charge in [0.1, 0.15) is 6.04 Å². The Morgan fingerprint density at radius 3 is 2.62 bits per heavy atom. The van der Waals surface area contributed by atoms with Gasteiger partial charge in [0.2, 0.25) is 17.7 Å². The van der Waals surface area contributed by atoms with Gasteiger partial charge in [0.05, 0.1) is 29.4 Å². The number of benzene rings is 2. The molecule has 2 aromatic carbocycles. The highest BCUT2D eigenvalue weighted by molar-refractivity contribution is 6.27. The van der Waals surface area contributed by atoms with Crippen LogP contribution in [-0.2, 0) is 31.1 Å². The summed E-state index contributed by atoms with van der Waals surface area (Å²) in [6.07, 6.45) is 6.76. The molecule has 0 saturated carbocycles. The Bertz CT molecular complexity index is 1600. The van der Waals surface area contributed by atoms with E-state index in [1.807, 2.05) is 53.9 Å². The SMILES string of the molecule is COCC(C)(C)C(=O)N1CCC(C)(n2cc(Cc3ccc4c5c(cccc35)C(=O)N4C3CCC(=O)NC3=O)cn2)CC1. The van der Waals surface area contributed by atoms with Crippen molar-refractivity contribution in [1.29, 1.82) is 0 Å². The Balaban J connectivity index is 1.21. The first kappa shape index (κ1) is 28.1. The van der Waals surface area contributed by atoms with Gasteiger partial charge in [0, 0.05) is 50.2 Å². The van der Waals surface area contributed by atoms with Crippen molar-refractivity contribution < 1.29 is 23.9 Å². The molecule has 10 nitrogen and oxygen atoms in total. The van der Waals surface area contributed by atoms with Gasteiger partial charge >= 0.3 is 0 Å². The molecule has 10 heteroatoms. The first-order chi connectivity index (χ1) is 20.0. The first-order valence-electron chi connectivity index (χ1n) is 14.6. The minimum atomic E-state index is -0.705. The van der Waals surface area contributed by atoms with Crippen LogP contribution < -0.4 is 10.2 Å². The van der Waals surface area contributed by atoms with Crippen LogP contribution in [0.2, 0.25) is 0 Å². The monoisotopic (exact) mass is 571 g/mol. The average molecular weight is 572 g/mol. The molecule has 1 atom stereocenters. The number of amides is 4. The van der Waals surface area contributed by atoms with E-state index >= 15 is 0 Å². The summed E-state index contributed by atoms with van der Waals surface area (Å²) in [5.41, 5.74) is 2.67. The Morgan fingerprint density at radius 2 is 1.90 bits per heavy atom. The third-order valence-corrected chi connectivity index (χ3v) is 9.14. The van der Waals surface area contributed by atoms with Crippen molar-refractivity contribution in [1.82, 2.24) is 20.0 Å². The summed E-state index contributed by atoms with van der Waals surface area (Å²) in [4.78, 5) is 54.3. The van der Waals surface area contributed by atoms with Crippen LogP contribution in [0.4, 0.5) is 5.69 Å². The average Bonchev–Trinajstić information content (AvgIpc) is 3.54. The normalized spacial score (nSPS) is 20.4. The van der Waals surface area contributed by atoms with Crippen LogP contribution in [-0.4, -0.2) is 71.2 Å². The van der Waals surface area contributed by atoms with Gasteiger partial charge in [-0.05, 0) is 68.7 Å². The van der Waals surface area contributed by atoms with Crippen molar-refractivity contribution in [2.45, 2.75) is 64.5 Å². The third-order valence-electron chi connectivity index (χ3n) is 9.14. The van der Waals surface area contributed by atoms with Crippen LogP contribution in [0.15, 0.2) is 42.7 Å². The standard InChI is InChI=1S/C32H37N5O5/c1-31(2,19-42-4)30(41)35-14-12-32(3,13-15-35)36-18-20(17-33-36)16-21-8-9-24-27-22(21)6-5-7-23(27)29(40)37(24)25-10-11-26(38)34-28(25)39/h5-9,17-18,25H,10-16,19H2,1-4H3,(H,34,38,39). The van der Waals surface area contributed by atoms with Crippen molar-refractivity contribution in [3.05, 3.63) is 59.4 Å². The zero-order valence-electron chi connectivity index (χ0n) is 24.6. The molecular formula is C32H37N5O5. The van der Waals surface area contributed by atoms with Crippen molar-refractivity contribution in [2.24, 2.45) is 5.41 Å². The summed E-state index contributed by atoms with van der Waals surface area (Å²) >= 11 is 0. The Labute approximate surface area is 245 Å². The predicted molar refractivity (Wildman–Crippen MR) is 157 cm³/mol. The van der Waals surface area contributed by atoms with E-state index in [4.69, 9.17) is 9.84 Å². The lowest BCUT2D eigenvalue weighted by Crippen LogP contribution is -2.53. The van der Waals surface area contributed by atoms with Gasteiger partial charge in [-0.25, -0.2) is 0 Å². The van der Waals surface area contributed by atoms with E-state index in [2.05, 4.69) is 18.4 Å². The number of methoxy groups -OCH3 is 1. The number of anilines is 1. The number of piperidine rings is 2. The topological polar surface area (TPSA) is 114 Å². The maximum atomic E-state index is 13.5.